The van der Waals surface area contributed by atoms with Gasteiger partial charge >= 0.3 is 59.7 Å². The minimum absolute atomic E-state index is 0.319. The van der Waals surface area contributed by atoms with Crippen LogP contribution in [0.4, 0.5) is 0 Å². The summed E-state index contributed by atoms with van der Waals surface area (Å²) in [7, 11) is 0. The van der Waals surface area contributed by atoms with Gasteiger partial charge in [-0.25, -0.2) is 0 Å². The van der Waals surface area contributed by atoms with Gasteiger partial charge in [0.25, 0.3) is 0 Å². The molecule has 1 N–H and O–H groups in total. The van der Waals surface area contributed by atoms with Crippen LogP contribution in [0.1, 0.15) is 90.0 Å². The van der Waals surface area contributed by atoms with Crippen LogP contribution >= 0.6 is 11.8 Å². The van der Waals surface area contributed by atoms with Crippen LogP contribution in [0.2, 0.25) is 0 Å². The Bertz CT molecular complexity index is 2280. The van der Waals surface area contributed by atoms with E-state index in [1.807, 2.05) is 6.07 Å². The second-order valence-corrected chi connectivity index (χ2v) is 19.3. The number of nitriles is 1. The van der Waals surface area contributed by atoms with Gasteiger partial charge in [0.15, 0.2) is 73.8 Å². The second-order valence-electron chi connectivity index (χ2n) is 18.2. The molecule has 30 nitrogen and oxygen atoms in total. The summed E-state index contributed by atoms with van der Waals surface area (Å²) in [4.78, 5) is 140. The van der Waals surface area contributed by atoms with Gasteiger partial charge in [-0.05, 0) is 13.8 Å². The third kappa shape index (κ3) is 18.9. The van der Waals surface area contributed by atoms with E-state index < -0.39 is 201 Å². The Morgan fingerprint density at radius 1 is 0.405 bits per heavy atom. The summed E-state index contributed by atoms with van der Waals surface area (Å²) in [6.45, 7) is 12.5. The minimum atomic E-state index is -2.13. The average molecular weight is 1150 g/mol. The van der Waals surface area contributed by atoms with Crippen LogP contribution in [0, 0.1) is 11.3 Å². The molecular formula is C48H66N2O28S. The zero-order valence-corrected chi connectivity index (χ0v) is 46.3. The molecule has 31 heteroatoms. The van der Waals surface area contributed by atoms with Crippen molar-refractivity contribution in [3.63, 3.8) is 0 Å². The second kappa shape index (κ2) is 29.8. The smallest absolute Gasteiger partial charge is 0.303 e. The molecule has 4 rings (SSSR count). The zero-order valence-electron chi connectivity index (χ0n) is 45.5. The molecule has 0 aliphatic carbocycles. The molecule has 1 amide bonds. The fraction of sp³-hybridized carbons (Fsp3) is 0.750. The topological polar surface area (TPSA) is 380 Å². The normalized spacial score (nSPS) is 34.1. The molecule has 0 aromatic carbocycles. The Morgan fingerprint density at radius 2 is 0.734 bits per heavy atom. The standard InChI is InChI=1S/C48H66N2O28S/c1-18-34(66-23(6)54)39(69-26(9)57)42(72-29(12)60)45(64-18)76-36-32(17-63-22(5)53)75-48(79-15-14-49)33(50-20(3)51)38(36)77-47-44(41(71-28(11)59)37(68-25(8)56)31(74-47)16-62-21(4)52)78-46-43(73-30(13)61)40(70-27(10)58)35(19(2)65-46)67-24(7)55/h18-19,31-48H,15-17H2,1-13H3,(H,50,51)/t18?,19?,31?,32-,33?,34+,35+,36+,37-,38?,39-,40?,41?,42?,43?,44?,45-,46-,47-,48-/m0/s1. The van der Waals surface area contributed by atoms with Crippen LogP contribution in [0.5, 0.6) is 0 Å². The predicted octanol–water partition coefficient (Wildman–Crippen LogP) is -0.577. The molecule has 10 unspecified atom stereocenters. The Morgan fingerprint density at radius 3 is 1.11 bits per heavy atom. The van der Waals surface area contributed by atoms with Gasteiger partial charge in [0, 0.05) is 76.2 Å². The van der Waals surface area contributed by atoms with Gasteiger partial charge in [-0.2, -0.15) is 5.26 Å². The molecule has 79 heavy (non-hydrogen) atoms. The van der Waals surface area contributed by atoms with E-state index in [4.69, 9.17) is 80.5 Å². The highest BCUT2D eigenvalue weighted by Gasteiger charge is 2.60. The van der Waals surface area contributed by atoms with Crippen LogP contribution < -0.4 is 5.32 Å². The van der Waals surface area contributed by atoms with Crippen LogP contribution in [-0.4, -0.2) is 206 Å². The summed E-state index contributed by atoms with van der Waals surface area (Å²) in [5.41, 5.74) is -1.36. The van der Waals surface area contributed by atoms with Crippen molar-refractivity contribution in [3.8, 4) is 6.07 Å². The molecular weight excluding hydrogens is 1080 g/mol. The Kier molecular flexibility index (Phi) is 24.6. The van der Waals surface area contributed by atoms with Gasteiger partial charge in [-0.3, -0.25) is 52.7 Å². The van der Waals surface area contributed by atoms with Gasteiger partial charge in [-0.15, -0.1) is 11.8 Å². The third-order valence-electron chi connectivity index (χ3n) is 11.6. The van der Waals surface area contributed by atoms with Crippen LogP contribution in [0.25, 0.3) is 0 Å². The maximum atomic E-state index is 13.3. The third-order valence-corrected chi connectivity index (χ3v) is 12.6. The summed E-state index contributed by atoms with van der Waals surface area (Å²) in [6, 6.07) is 0.417. The highest BCUT2D eigenvalue weighted by atomic mass is 32.2. The first-order chi connectivity index (χ1) is 37.0. The summed E-state index contributed by atoms with van der Waals surface area (Å²) in [5.74, 6) is -10.5. The van der Waals surface area contributed by atoms with Gasteiger partial charge in [0.2, 0.25) is 5.91 Å². The number of esters is 10. The van der Waals surface area contributed by atoms with Crippen molar-refractivity contribution in [1.82, 2.24) is 5.32 Å². The molecule has 0 spiro atoms. The zero-order chi connectivity index (χ0) is 59.2. The number of amides is 1. The molecule has 0 radical (unpaired) electrons. The highest BCUT2D eigenvalue weighted by molar-refractivity contribution is 8.00. The van der Waals surface area contributed by atoms with Crippen molar-refractivity contribution in [2.45, 2.75) is 212 Å². The molecule has 4 aliphatic rings. The number of hydrogen-bond acceptors (Lipinski definition) is 30. The van der Waals surface area contributed by atoms with Crippen molar-refractivity contribution in [2.24, 2.45) is 0 Å². The summed E-state index contributed by atoms with van der Waals surface area (Å²) in [5, 5.41) is 12.5. The fourth-order valence-electron chi connectivity index (χ4n) is 8.96. The molecule has 4 saturated heterocycles. The lowest BCUT2D eigenvalue weighted by atomic mass is 9.94. The van der Waals surface area contributed by atoms with Crippen molar-refractivity contribution in [1.29, 1.82) is 5.26 Å². The quantitative estimate of drug-likeness (QED) is 0.111. The minimum Gasteiger partial charge on any atom is -0.463 e. The molecule has 0 saturated carbocycles. The fourth-order valence-corrected chi connectivity index (χ4v) is 9.85. The monoisotopic (exact) mass is 1150 g/mol. The van der Waals surface area contributed by atoms with E-state index in [0.717, 1.165) is 87.9 Å². The Hall–Kier alpha value is -6.27. The van der Waals surface area contributed by atoms with E-state index >= 15 is 0 Å². The number of carbonyl (C=O) groups is 11. The van der Waals surface area contributed by atoms with Crippen molar-refractivity contribution in [2.75, 3.05) is 19.0 Å². The number of nitrogens with one attached hydrogen (secondary N) is 1. The number of carbonyl (C=O) groups excluding carboxylic acids is 11. The lowest BCUT2D eigenvalue weighted by Crippen LogP contribution is -2.70. The lowest BCUT2D eigenvalue weighted by molar-refractivity contribution is -0.384. The van der Waals surface area contributed by atoms with Gasteiger partial charge < -0.3 is 85.8 Å². The van der Waals surface area contributed by atoms with Crippen molar-refractivity contribution >= 4 is 77.4 Å². The summed E-state index contributed by atoms with van der Waals surface area (Å²) >= 11 is 0.812. The van der Waals surface area contributed by atoms with E-state index in [1.165, 1.54) is 13.8 Å². The molecule has 442 valence electrons. The van der Waals surface area contributed by atoms with Crippen molar-refractivity contribution < 1.29 is 133 Å². The molecule has 20 atom stereocenters. The first-order valence-corrected chi connectivity index (χ1v) is 25.5. The van der Waals surface area contributed by atoms with Crippen molar-refractivity contribution in [3.05, 3.63) is 0 Å². The summed E-state index contributed by atoms with van der Waals surface area (Å²) < 4.78 is 101. The number of hydrogen-bond donors (Lipinski definition) is 1. The molecule has 0 aromatic heterocycles. The van der Waals surface area contributed by atoms with Gasteiger partial charge in [0.1, 0.15) is 43.1 Å². The Labute approximate surface area is 457 Å². The molecule has 4 heterocycles. The number of ether oxygens (including phenoxy) is 17. The van der Waals surface area contributed by atoms with E-state index in [2.05, 4.69) is 5.32 Å². The number of rotatable bonds is 21. The first-order valence-electron chi connectivity index (χ1n) is 24.5. The lowest BCUT2D eigenvalue weighted by Gasteiger charge is -2.52. The van der Waals surface area contributed by atoms with E-state index in [9.17, 15) is 58.0 Å². The largest absolute Gasteiger partial charge is 0.463 e. The molecule has 4 fully saturated rings. The molecule has 4 aliphatic heterocycles. The maximum Gasteiger partial charge on any atom is 0.303 e. The number of thioether (sulfide) groups is 1. The Balaban J connectivity index is 2.09. The SMILES string of the molecule is CC(=O)NC1C(O[C@@H]2OC(COC(C)=O)[C@H](OC(C)=O)C(OC(C)=O)C2O[C@@H]2OC(C)[C@@H](OC(C)=O)C(OC(C)=O)C2OC(C)=O)[C@H](O[C@@H]2OC(C)[C@@H](OC(C)=O)[C@H](OC(C)=O)C2OC(C)=O)[C@H](COC(C)=O)O[C@H]1SCC#N. The summed E-state index contributed by atoms with van der Waals surface area (Å²) in [6.07, 6.45) is -31.1. The average Bonchev–Trinajstić information content (AvgIpc) is 3.31. The van der Waals surface area contributed by atoms with E-state index in [-0.39, 0.29) is 5.75 Å². The van der Waals surface area contributed by atoms with Crippen LogP contribution in [-0.2, 0) is 133 Å². The molecule has 0 aromatic rings. The van der Waals surface area contributed by atoms with Gasteiger partial charge in [0.05, 0.1) is 30.1 Å². The highest BCUT2D eigenvalue weighted by Crippen LogP contribution is 2.41. The maximum absolute atomic E-state index is 13.3. The van der Waals surface area contributed by atoms with Crippen LogP contribution in [0.3, 0.4) is 0 Å². The van der Waals surface area contributed by atoms with Crippen LogP contribution in [0.15, 0.2) is 0 Å². The first kappa shape index (κ1) is 65.2. The van der Waals surface area contributed by atoms with E-state index in [1.54, 1.807) is 0 Å². The van der Waals surface area contributed by atoms with E-state index in [0.29, 0.717) is 0 Å². The number of nitrogens with zero attached hydrogens (tertiary/aromatic N) is 1. The van der Waals surface area contributed by atoms with Gasteiger partial charge in [-0.1, -0.05) is 0 Å². The molecule has 0 bridgehead atoms. The predicted molar refractivity (Wildman–Crippen MR) is 254 cm³/mol.